The number of hydrogen-bond acceptors (Lipinski definition) is 7. The van der Waals surface area contributed by atoms with Crippen LogP contribution in [-0.2, 0) is 4.79 Å². The Morgan fingerprint density at radius 3 is 3.00 bits per heavy atom. The number of carbonyl (C=O) groups excluding carboxylic acids is 1. The minimum absolute atomic E-state index is 0.0169. The summed E-state index contributed by atoms with van der Waals surface area (Å²) in [7, 11) is 0. The van der Waals surface area contributed by atoms with Crippen LogP contribution in [-0.4, -0.2) is 28.0 Å². The summed E-state index contributed by atoms with van der Waals surface area (Å²) in [5, 5.41) is 8.91. The topological polar surface area (TPSA) is 105 Å². The number of carbonyl (C=O) groups is 1. The van der Waals surface area contributed by atoms with Crippen LogP contribution in [0.2, 0.25) is 0 Å². The van der Waals surface area contributed by atoms with Crippen molar-refractivity contribution >= 4 is 39.2 Å². The largest absolute Gasteiger partial charge is 0.358 e. The van der Waals surface area contributed by atoms with Crippen LogP contribution in [0.15, 0.2) is 11.4 Å². The minimum atomic E-state index is -0.362. The highest BCUT2D eigenvalue weighted by atomic mass is 32.1. The van der Waals surface area contributed by atoms with Gasteiger partial charge in [0.25, 0.3) is 0 Å². The fraction of sp³-hybridized carbons (Fsp3) is 0.417. The average Bonchev–Trinajstić information content (AvgIpc) is 3.12. The third-order valence-electron chi connectivity index (χ3n) is 3.12. The van der Waals surface area contributed by atoms with E-state index in [1.165, 1.54) is 11.3 Å². The molecule has 106 valence electrons. The highest BCUT2D eigenvalue weighted by Crippen LogP contribution is 2.26. The van der Waals surface area contributed by atoms with Gasteiger partial charge in [-0.25, -0.2) is 10.8 Å². The number of amides is 1. The van der Waals surface area contributed by atoms with Crippen molar-refractivity contribution in [2.24, 2.45) is 5.84 Å². The van der Waals surface area contributed by atoms with Gasteiger partial charge in [0.2, 0.25) is 11.9 Å². The number of anilines is 2. The Labute approximate surface area is 119 Å². The third-order valence-corrected chi connectivity index (χ3v) is 3.93. The van der Waals surface area contributed by atoms with Crippen LogP contribution in [0.4, 0.5) is 11.8 Å². The SMILES string of the molecule is CC(Nc1nc(NN)nc2sccc12)C(=O)NC1CC1. The Kier molecular flexibility index (Phi) is 3.41. The van der Waals surface area contributed by atoms with Crippen molar-refractivity contribution in [1.29, 1.82) is 0 Å². The number of fused-ring (bicyclic) bond motifs is 1. The number of nitrogens with zero attached hydrogens (tertiary/aromatic N) is 2. The molecule has 1 aliphatic carbocycles. The zero-order chi connectivity index (χ0) is 14.1. The second-order valence-electron chi connectivity index (χ2n) is 4.83. The highest BCUT2D eigenvalue weighted by molar-refractivity contribution is 7.16. The van der Waals surface area contributed by atoms with Gasteiger partial charge in [0.15, 0.2) is 0 Å². The van der Waals surface area contributed by atoms with E-state index in [9.17, 15) is 4.79 Å². The molecule has 1 unspecified atom stereocenters. The van der Waals surface area contributed by atoms with Gasteiger partial charge in [0, 0.05) is 6.04 Å². The van der Waals surface area contributed by atoms with Crippen molar-refractivity contribution < 1.29 is 4.79 Å². The van der Waals surface area contributed by atoms with Crippen molar-refractivity contribution in [3.63, 3.8) is 0 Å². The Morgan fingerprint density at radius 2 is 2.30 bits per heavy atom. The summed E-state index contributed by atoms with van der Waals surface area (Å²) in [6.07, 6.45) is 2.14. The first-order valence-corrected chi connectivity index (χ1v) is 7.34. The van der Waals surface area contributed by atoms with E-state index in [1.54, 1.807) is 0 Å². The van der Waals surface area contributed by atoms with Crippen molar-refractivity contribution in [2.45, 2.75) is 31.8 Å². The summed E-state index contributed by atoms with van der Waals surface area (Å²) in [6.45, 7) is 1.81. The molecule has 1 fully saturated rings. The fourth-order valence-corrected chi connectivity index (χ4v) is 2.62. The highest BCUT2D eigenvalue weighted by Gasteiger charge is 2.26. The van der Waals surface area contributed by atoms with E-state index >= 15 is 0 Å². The van der Waals surface area contributed by atoms with Gasteiger partial charge in [-0.3, -0.25) is 10.2 Å². The first-order chi connectivity index (χ1) is 9.67. The quantitative estimate of drug-likeness (QED) is 0.485. The maximum absolute atomic E-state index is 12.0. The predicted molar refractivity (Wildman–Crippen MR) is 79.5 cm³/mol. The van der Waals surface area contributed by atoms with E-state index in [4.69, 9.17) is 5.84 Å². The van der Waals surface area contributed by atoms with Crippen molar-refractivity contribution in [3.8, 4) is 0 Å². The van der Waals surface area contributed by atoms with Gasteiger partial charge in [0.1, 0.15) is 16.7 Å². The molecule has 2 aromatic heterocycles. The molecule has 0 aromatic carbocycles. The molecule has 8 heteroatoms. The molecule has 0 spiro atoms. The van der Waals surface area contributed by atoms with Crippen LogP contribution in [0, 0.1) is 0 Å². The summed E-state index contributed by atoms with van der Waals surface area (Å²) in [5.41, 5.74) is 2.44. The zero-order valence-corrected chi connectivity index (χ0v) is 11.8. The lowest BCUT2D eigenvalue weighted by Gasteiger charge is -2.15. The van der Waals surface area contributed by atoms with Gasteiger partial charge >= 0.3 is 0 Å². The summed E-state index contributed by atoms with van der Waals surface area (Å²) in [6, 6.07) is 1.91. The Bertz CT molecular complexity index is 638. The van der Waals surface area contributed by atoms with E-state index < -0.39 is 0 Å². The molecule has 0 saturated heterocycles. The predicted octanol–water partition coefficient (Wildman–Crippen LogP) is 1.06. The maximum atomic E-state index is 12.0. The zero-order valence-electron chi connectivity index (χ0n) is 11.0. The van der Waals surface area contributed by atoms with Gasteiger partial charge < -0.3 is 10.6 Å². The number of nitrogen functional groups attached to an aromatic ring is 1. The number of nitrogens with two attached hydrogens (primary N) is 1. The van der Waals surface area contributed by atoms with E-state index in [0.29, 0.717) is 17.8 Å². The molecular formula is C12H16N6OS. The number of nitrogens with one attached hydrogen (secondary N) is 3. The second kappa shape index (κ2) is 5.22. The molecule has 0 bridgehead atoms. The molecule has 7 nitrogen and oxygen atoms in total. The van der Waals surface area contributed by atoms with Crippen LogP contribution in [0.25, 0.3) is 10.2 Å². The lowest BCUT2D eigenvalue weighted by molar-refractivity contribution is -0.121. The monoisotopic (exact) mass is 292 g/mol. The van der Waals surface area contributed by atoms with E-state index in [1.807, 2.05) is 18.4 Å². The summed E-state index contributed by atoms with van der Waals surface area (Å²) in [4.78, 5) is 21.3. The molecular weight excluding hydrogens is 276 g/mol. The smallest absolute Gasteiger partial charge is 0.242 e. The molecule has 1 aliphatic rings. The molecule has 1 amide bonds. The normalized spacial score (nSPS) is 15.9. The van der Waals surface area contributed by atoms with Crippen molar-refractivity contribution in [1.82, 2.24) is 15.3 Å². The van der Waals surface area contributed by atoms with Gasteiger partial charge in [0.05, 0.1) is 5.39 Å². The maximum Gasteiger partial charge on any atom is 0.242 e. The molecule has 0 radical (unpaired) electrons. The first-order valence-electron chi connectivity index (χ1n) is 6.46. The number of thiophene rings is 1. The molecule has 3 rings (SSSR count). The second-order valence-corrected chi connectivity index (χ2v) is 5.72. The molecule has 0 aliphatic heterocycles. The summed E-state index contributed by atoms with van der Waals surface area (Å²) in [5.74, 6) is 6.29. The van der Waals surface area contributed by atoms with Crippen LogP contribution < -0.4 is 21.9 Å². The number of aromatic nitrogens is 2. The van der Waals surface area contributed by atoms with Crippen LogP contribution in [0.1, 0.15) is 19.8 Å². The molecule has 5 N–H and O–H groups in total. The summed E-state index contributed by atoms with van der Waals surface area (Å²) < 4.78 is 0. The molecule has 2 aromatic rings. The van der Waals surface area contributed by atoms with Crippen LogP contribution in [0.5, 0.6) is 0 Å². The first kappa shape index (κ1) is 13.1. The van der Waals surface area contributed by atoms with Gasteiger partial charge in [-0.1, -0.05) is 0 Å². The molecule has 20 heavy (non-hydrogen) atoms. The fourth-order valence-electron chi connectivity index (χ4n) is 1.85. The standard InChI is InChI=1S/C12H16N6OS/c1-6(10(19)15-7-2-3-7)14-9-8-4-5-20-11(8)17-12(16-9)18-13/h4-7H,2-3,13H2,1H3,(H,15,19)(H2,14,16,17,18). The molecule has 1 atom stereocenters. The van der Waals surface area contributed by atoms with E-state index in [0.717, 1.165) is 23.1 Å². The Hall–Kier alpha value is -1.93. The van der Waals surface area contributed by atoms with Crippen LogP contribution >= 0.6 is 11.3 Å². The number of hydrogen-bond donors (Lipinski definition) is 4. The van der Waals surface area contributed by atoms with Gasteiger partial charge in [-0.2, -0.15) is 4.98 Å². The van der Waals surface area contributed by atoms with Crippen molar-refractivity contribution in [2.75, 3.05) is 10.7 Å². The Balaban J connectivity index is 1.81. The van der Waals surface area contributed by atoms with Crippen LogP contribution in [0.3, 0.4) is 0 Å². The van der Waals surface area contributed by atoms with E-state index in [-0.39, 0.29) is 11.9 Å². The lowest BCUT2D eigenvalue weighted by atomic mass is 10.3. The minimum Gasteiger partial charge on any atom is -0.358 e. The van der Waals surface area contributed by atoms with E-state index in [2.05, 4.69) is 26.0 Å². The van der Waals surface area contributed by atoms with Gasteiger partial charge in [-0.15, -0.1) is 11.3 Å². The lowest BCUT2D eigenvalue weighted by Crippen LogP contribution is -2.38. The number of rotatable bonds is 5. The number of hydrazine groups is 1. The summed E-state index contributed by atoms with van der Waals surface area (Å²) >= 11 is 1.50. The van der Waals surface area contributed by atoms with Crippen molar-refractivity contribution in [3.05, 3.63) is 11.4 Å². The van der Waals surface area contributed by atoms with Gasteiger partial charge in [-0.05, 0) is 31.2 Å². The Morgan fingerprint density at radius 1 is 1.50 bits per heavy atom. The average molecular weight is 292 g/mol. The third kappa shape index (κ3) is 2.66. The molecule has 2 heterocycles. The molecule has 1 saturated carbocycles.